The van der Waals surface area contributed by atoms with Crippen LogP contribution in [-0.4, -0.2) is 74.7 Å². The second-order valence-electron chi connectivity index (χ2n) is 8.89. The third kappa shape index (κ3) is 5.33. The number of benzene rings is 2. The third-order valence-corrected chi connectivity index (χ3v) is 9.04. The normalized spacial score (nSPS) is 18.5. The summed E-state index contributed by atoms with van der Waals surface area (Å²) in [7, 11) is -1.21. The van der Waals surface area contributed by atoms with E-state index in [1.165, 1.54) is 11.0 Å². The zero-order chi connectivity index (χ0) is 24.5. The summed E-state index contributed by atoms with van der Waals surface area (Å²) in [4.78, 5) is 23.4. The van der Waals surface area contributed by atoms with Gasteiger partial charge in [-0.3, -0.25) is 24.2 Å². The smallest absolute Gasteiger partial charge is 0.280 e. The first-order chi connectivity index (χ1) is 16.9. The van der Waals surface area contributed by atoms with Crippen molar-refractivity contribution in [1.82, 2.24) is 24.8 Å². The van der Waals surface area contributed by atoms with Crippen LogP contribution < -0.4 is 16.3 Å². The summed E-state index contributed by atoms with van der Waals surface area (Å²) in [5.74, 6) is 0.462. The molecule has 35 heavy (non-hydrogen) atoms. The zero-order valence-corrected chi connectivity index (χ0v) is 22.6. The molecule has 0 amide bonds. The predicted octanol–water partition coefficient (Wildman–Crippen LogP) is 2.90. The molecule has 3 heterocycles. The number of fused-ring (bicyclic) bond motifs is 1. The minimum atomic E-state index is -1.21. The van der Waals surface area contributed by atoms with Gasteiger partial charge in [0.05, 0.1) is 32.3 Å². The van der Waals surface area contributed by atoms with Gasteiger partial charge in [0.15, 0.2) is 0 Å². The lowest BCUT2D eigenvalue weighted by Crippen LogP contribution is -2.61. The molecule has 1 unspecified atom stereocenters. The molecule has 5 rings (SSSR count). The lowest BCUT2D eigenvalue weighted by molar-refractivity contribution is 0.0695. The van der Waals surface area contributed by atoms with Gasteiger partial charge in [0.25, 0.3) is 5.56 Å². The maximum absolute atomic E-state index is 13.3. The molecule has 2 N–H and O–H groups in total. The molecule has 0 bridgehead atoms. The van der Waals surface area contributed by atoms with E-state index in [2.05, 4.69) is 41.5 Å². The number of piperazine rings is 1. The van der Waals surface area contributed by atoms with Gasteiger partial charge < -0.3 is 5.32 Å². The molecule has 1 aromatic heterocycles. The fourth-order valence-electron chi connectivity index (χ4n) is 4.52. The minimum Gasteiger partial charge on any atom is -0.314 e. The summed E-state index contributed by atoms with van der Waals surface area (Å²) in [5, 5.41) is 4.34. The van der Waals surface area contributed by atoms with Crippen LogP contribution >= 0.6 is 27.5 Å². The number of hydrogen-bond acceptors (Lipinski definition) is 7. The zero-order valence-electron chi connectivity index (χ0n) is 19.5. The topological polar surface area (TPSA) is 82.5 Å². The summed E-state index contributed by atoms with van der Waals surface area (Å²) < 4.78 is 14.7. The van der Waals surface area contributed by atoms with Crippen LogP contribution in [0.2, 0.25) is 5.02 Å². The molecule has 11 heteroatoms. The molecule has 3 aromatic rings. The van der Waals surface area contributed by atoms with Crippen molar-refractivity contribution in [2.45, 2.75) is 24.4 Å². The summed E-state index contributed by atoms with van der Waals surface area (Å²) in [6.07, 6.45) is 1.47. The monoisotopic (exact) mass is 578 g/mol. The van der Waals surface area contributed by atoms with E-state index in [4.69, 9.17) is 11.6 Å². The number of aromatic nitrogens is 2. The van der Waals surface area contributed by atoms with Gasteiger partial charge in [-0.1, -0.05) is 34.5 Å². The fraction of sp³-hybridized carbons (Fsp3) is 0.417. The highest BCUT2D eigenvalue weighted by molar-refractivity contribution is 9.10. The molecule has 2 aliphatic rings. The Hall–Kier alpha value is -1.82. The summed E-state index contributed by atoms with van der Waals surface area (Å²) in [5.41, 5.74) is 5.09. The average molecular weight is 580 g/mol. The first-order valence-electron chi connectivity index (χ1n) is 11.7. The second kappa shape index (κ2) is 10.7. The van der Waals surface area contributed by atoms with Gasteiger partial charge in [0.1, 0.15) is 6.33 Å². The van der Waals surface area contributed by atoms with E-state index in [9.17, 15) is 9.00 Å². The molecule has 8 nitrogen and oxygen atoms in total. The van der Waals surface area contributed by atoms with Gasteiger partial charge in [0.2, 0.25) is 0 Å². The van der Waals surface area contributed by atoms with Gasteiger partial charge in [-0.05, 0) is 35.9 Å². The molecule has 2 aromatic carbocycles. The number of rotatable bonds is 7. The molecular weight excluding hydrogens is 552 g/mol. The van der Waals surface area contributed by atoms with E-state index in [1.807, 2.05) is 19.1 Å². The first-order valence-corrected chi connectivity index (χ1v) is 14.2. The maximum atomic E-state index is 13.3. The van der Waals surface area contributed by atoms with E-state index in [0.717, 1.165) is 55.8 Å². The Balaban J connectivity index is 1.36. The quantitative estimate of drug-likeness (QED) is 0.446. The number of hydrogen-bond donors (Lipinski definition) is 2. The highest BCUT2D eigenvalue weighted by Crippen LogP contribution is 2.26. The molecule has 0 saturated carbocycles. The van der Waals surface area contributed by atoms with Crippen molar-refractivity contribution in [2.24, 2.45) is 0 Å². The van der Waals surface area contributed by atoms with E-state index >= 15 is 0 Å². The Labute approximate surface area is 220 Å². The van der Waals surface area contributed by atoms with E-state index in [1.54, 1.807) is 18.2 Å². The van der Waals surface area contributed by atoms with Crippen LogP contribution in [0.15, 0.2) is 50.8 Å². The van der Waals surface area contributed by atoms with Gasteiger partial charge in [0, 0.05) is 67.1 Å². The lowest BCUT2D eigenvalue weighted by atomic mass is 10.1. The SMILES string of the molecule is CCS(=O)c1ccc(Cl)cc1Nn1cnc2cc(CN3CCN(C4CNC4)CC3)c(Br)cc2c1=O. The summed E-state index contributed by atoms with van der Waals surface area (Å²) in [6.45, 7) is 9.08. The molecule has 2 fully saturated rings. The number of halogens is 2. The van der Waals surface area contributed by atoms with Crippen LogP contribution in [0.25, 0.3) is 10.9 Å². The molecular formula is C24H28BrClN6O2S. The molecule has 1 atom stereocenters. The Bertz CT molecular complexity index is 1320. The van der Waals surface area contributed by atoms with Gasteiger partial charge in [-0.15, -0.1) is 0 Å². The van der Waals surface area contributed by atoms with Crippen molar-refractivity contribution in [3.63, 3.8) is 0 Å². The molecule has 2 saturated heterocycles. The van der Waals surface area contributed by atoms with E-state index in [-0.39, 0.29) is 5.56 Å². The Morgan fingerprint density at radius 3 is 2.66 bits per heavy atom. The highest BCUT2D eigenvalue weighted by Gasteiger charge is 2.27. The molecule has 0 spiro atoms. The van der Waals surface area contributed by atoms with Crippen LogP contribution in [0, 0.1) is 0 Å². The number of anilines is 1. The highest BCUT2D eigenvalue weighted by atomic mass is 79.9. The lowest BCUT2D eigenvalue weighted by Gasteiger charge is -2.43. The summed E-state index contributed by atoms with van der Waals surface area (Å²) in [6, 6.07) is 9.60. The van der Waals surface area contributed by atoms with Gasteiger partial charge in [-0.2, -0.15) is 0 Å². The maximum Gasteiger partial charge on any atom is 0.280 e. The Morgan fingerprint density at radius 2 is 1.97 bits per heavy atom. The van der Waals surface area contributed by atoms with Crippen LogP contribution in [0.5, 0.6) is 0 Å². The van der Waals surface area contributed by atoms with Crippen molar-refractivity contribution in [3.05, 3.63) is 62.1 Å². The van der Waals surface area contributed by atoms with E-state index in [0.29, 0.717) is 38.3 Å². The molecule has 0 aliphatic carbocycles. The third-order valence-electron chi connectivity index (χ3n) is 6.69. The Kier molecular flexibility index (Phi) is 7.57. The van der Waals surface area contributed by atoms with Crippen molar-refractivity contribution in [2.75, 3.05) is 50.4 Å². The van der Waals surface area contributed by atoms with Crippen molar-refractivity contribution >= 4 is 54.9 Å². The molecule has 0 radical (unpaired) electrons. The van der Waals surface area contributed by atoms with Crippen molar-refractivity contribution < 1.29 is 4.21 Å². The predicted molar refractivity (Wildman–Crippen MR) is 145 cm³/mol. The molecule has 186 valence electrons. The van der Waals surface area contributed by atoms with Gasteiger partial charge in [-0.25, -0.2) is 9.66 Å². The fourth-order valence-corrected chi connectivity index (χ4v) is 6.04. The number of nitrogens with zero attached hydrogens (tertiary/aromatic N) is 4. The summed E-state index contributed by atoms with van der Waals surface area (Å²) >= 11 is 9.84. The van der Waals surface area contributed by atoms with Crippen molar-refractivity contribution in [3.8, 4) is 0 Å². The van der Waals surface area contributed by atoms with Gasteiger partial charge >= 0.3 is 0 Å². The Morgan fingerprint density at radius 1 is 1.20 bits per heavy atom. The largest absolute Gasteiger partial charge is 0.314 e. The standard InChI is InChI=1S/C24H28BrClN6O2S/c1-2-35(34)23-4-3-17(26)10-22(23)29-32-15-28-21-9-16(20(25)11-19(21)24(32)33)14-30-5-7-31(8-6-30)18-12-27-13-18/h3-4,9-11,15,18,27,29H,2,5-8,12-14H2,1H3. The average Bonchev–Trinajstić information content (AvgIpc) is 2.82. The van der Waals surface area contributed by atoms with E-state index < -0.39 is 10.8 Å². The van der Waals surface area contributed by atoms with Crippen LogP contribution in [0.4, 0.5) is 5.69 Å². The number of nitrogens with one attached hydrogen (secondary N) is 2. The second-order valence-corrected chi connectivity index (χ2v) is 11.9. The first kappa shape index (κ1) is 24.9. The minimum absolute atomic E-state index is 0.238. The van der Waals surface area contributed by atoms with Crippen LogP contribution in [0.1, 0.15) is 12.5 Å². The van der Waals surface area contributed by atoms with Crippen LogP contribution in [0.3, 0.4) is 0 Å². The van der Waals surface area contributed by atoms with Crippen molar-refractivity contribution in [1.29, 1.82) is 0 Å². The van der Waals surface area contributed by atoms with Crippen LogP contribution in [-0.2, 0) is 17.3 Å². The molecule has 2 aliphatic heterocycles.